The molecule has 0 atom stereocenters. The highest BCUT2D eigenvalue weighted by molar-refractivity contribution is 9.10. The fraction of sp³-hybridized carbons (Fsp3) is 0.211. The number of sulfone groups is 1. The zero-order valence-corrected chi connectivity index (χ0v) is 19.9. The molecule has 2 N–H and O–H groups in total. The van der Waals surface area contributed by atoms with Gasteiger partial charge >= 0.3 is 0 Å². The molecule has 1 aromatic heterocycles. The molecule has 0 saturated heterocycles. The van der Waals surface area contributed by atoms with Crippen LogP contribution in [0.2, 0.25) is 10.0 Å². The van der Waals surface area contributed by atoms with Crippen LogP contribution in [0.5, 0.6) is 0 Å². The van der Waals surface area contributed by atoms with Crippen LogP contribution in [-0.2, 0) is 15.6 Å². The highest BCUT2D eigenvalue weighted by Gasteiger charge is 2.15. The molecule has 0 unspecified atom stereocenters. The van der Waals surface area contributed by atoms with E-state index in [9.17, 15) is 8.42 Å². The van der Waals surface area contributed by atoms with Gasteiger partial charge in [0.15, 0.2) is 0 Å². The van der Waals surface area contributed by atoms with Crippen LogP contribution >= 0.6 is 50.9 Å². The smallest absolute Gasteiger partial charge is 0.203 e. The van der Waals surface area contributed by atoms with Gasteiger partial charge in [-0.1, -0.05) is 29.1 Å². The van der Waals surface area contributed by atoms with Crippen molar-refractivity contribution in [1.29, 1.82) is 0 Å². The van der Waals surface area contributed by atoms with E-state index >= 15 is 0 Å². The van der Waals surface area contributed by atoms with Gasteiger partial charge in [-0.2, -0.15) is 11.8 Å². The Balaban J connectivity index is 1.99. The summed E-state index contributed by atoms with van der Waals surface area (Å²) in [5, 5.41) is 7.51. The molecule has 10 heteroatoms. The molecule has 0 bridgehead atoms. The Labute approximate surface area is 193 Å². The molecule has 0 spiro atoms. The van der Waals surface area contributed by atoms with Crippen LogP contribution in [0.25, 0.3) is 0 Å². The summed E-state index contributed by atoms with van der Waals surface area (Å²) in [5.41, 5.74) is 0.959. The van der Waals surface area contributed by atoms with Gasteiger partial charge in [0.25, 0.3) is 0 Å². The Morgan fingerprint density at radius 3 is 2.76 bits per heavy atom. The number of terminal acetylenes is 1. The van der Waals surface area contributed by atoms with Crippen molar-refractivity contribution in [3.05, 3.63) is 68.0 Å². The lowest BCUT2D eigenvalue weighted by Crippen LogP contribution is -2.29. The van der Waals surface area contributed by atoms with Crippen molar-refractivity contribution in [1.82, 2.24) is 15.6 Å². The molecule has 0 aliphatic carbocycles. The minimum atomic E-state index is -3.74. The van der Waals surface area contributed by atoms with Crippen molar-refractivity contribution in [2.75, 3.05) is 18.8 Å². The van der Waals surface area contributed by atoms with E-state index in [2.05, 4.69) is 37.5 Å². The van der Waals surface area contributed by atoms with Crippen molar-refractivity contribution >= 4 is 60.7 Å². The highest BCUT2D eigenvalue weighted by atomic mass is 79.9. The second-order valence-electron chi connectivity index (χ2n) is 5.62. The van der Waals surface area contributed by atoms with Gasteiger partial charge < -0.3 is 10.6 Å². The van der Waals surface area contributed by atoms with Crippen LogP contribution in [0.4, 0.5) is 0 Å². The van der Waals surface area contributed by atoms with Gasteiger partial charge in [0.2, 0.25) is 9.84 Å². The van der Waals surface area contributed by atoms with Gasteiger partial charge in [0, 0.05) is 28.7 Å². The first-order valence-corrected chi connectivity index (χ1v) is 12.6. The van der Waals surface area contributed by atoms with Gasteiger partial charge in [0.1, 0.15) is 5.82 Å². The summed E-state index contributed by atoms with van der Waals surface area (Å²) < 4.78 is 26.3. The Bertz CT molecular complexity index is 1020. The number of benzene rings is 1. The van der Waals surface area contributed by atoms with Crippen molar-refractivity contribution < 1.29 is 8.42 Å². The average Bonchev–Trinajstić information content (AvgIpc) is 2.68. The third-order valence-electron chi connectivity index (χ3n) is 3.51. The fourth-order valence-corrected chi connectivity index (χ4v) is 5.03. The topological polar surface area (TPSA) is 71.1 Å². The Morgan fingerprint density at radius 1 is 1.28 bits per heavy atom. The normalized spacial score (nSPS) is 11.7. The zero-order chi connectivity index (χ0) is 21.3. The summed E-state index contributed by atoms with van der Waals surface area (Å²) in [7, 11) is -3.74. The third kappa shape index (κ3) is 7.76. The summed E-state index contributed by atoms with van der Waals surface area (Å²) in [4.78, 5) is 4.36. The number of pyridine rings is 1. The molecule has 0 amide bonds. The third-order valence-corrected chi connectivity index (χ3v) is 7.40. The second-order valence-corrected chi connectivity index (χ2v) is 10.2. The number of nitrogens with zero attached hydrogens (tertiary/aromatic N) is 1. The number of nitrogens with one attached hydrogen (secondary N) is 2. The largest absolute Gasteiger partial charge is 0.370 e. The molecule has 0 aliphatic heterocycles. The van der Waals surface area contributed by atoms with E-state index in [1.165, 1.54) is 18.2 Å². The zero-order valence-electron chi connectivity index (χ0n) is 15.2. The quantitative estimate of drug-likeness (QED) is 0.346. The summed E-state index contributed by atoms with van der Waals surface area (Å²) in [6, 6.07) is 7.97. The molecule has 0 saturated carbocycles. The van der Waals surface area contributed by atoms with Gasteiger partial charge in [0.05, 0.1) is 32.6 Å². The number of aromatic nitrogens is 1. The van der Waals surface area contributed by atoms with E-state index in [0.29, 0.717) is 12.4 Å². The first kappa shape index (κ1) is 23.9. The lowest BCUT2D eigenvalue weighted by molar-refractivity contribution is 0.603. The predicted molar refractivity (Wildman–Crippen MR) is 125 cm³/mol. The molecule has 1 heterocycles. The second kappa shape index (κ2) is 11.7. The van der Waals surface area contributed by atoms with E-state index in [0.717, 1.165) is 27.1 Å². The minimum absolute atomic E-state index is 0.0445. The van der Waals surface area contributed by atoms with Gasteiger partial charge in [-0.05, 0) is 46.3 Å². The minimum Gasteiger partial charge on any atom is -0.370 e. The molecular formula is C19H18BrCl2N3O2S2. The van der Waals surface area contributed by atoms with E-state index < -0.39 is 9.84 Å². The summed E-state index contributed by atoms with van der Waals surface area (Å²) in [5.74, 6) is 4.22. The van der Waals surface area contributed by atoms with Crippen molar-refractivity contribution in [3.8, 4) is 12.3 Å². The number of rotatable bonds is 10. The molecule has 0 fully saturated rings. The predicted octanol–water partition coefficient (Wildman–Crippen LogP) is 4.47. The summed E-state index contributed by atoms with van der Waals surface area (Å²) in [6.45, 7) is 0.721. The van der Waals surface area contributed by atoms with E-state index in [4.69, 9.17) is 29.6 Å². The first-order chi connectivity index (χ1) is 13.8. The Hall–Kier alpha value is -1.37. The maximum absolute atomic E-state index is 12.7. The molecule has 29 heavy (non-hydrogen) atoms. The lowest BCUT2D eigenvalue weighted by Gasteiger charge is -2.12. The Kier molecular flexibility index (Phi) is 9.66. The number of hydrogen-bond donors (Lipinski definition) is 2. The molecule has 2 aromatic rings. The molecule has 154 valence electrons. The number of thioether (sulfide) groups is 1. The van der Waals surface area contributed by atoms with Gasteiger partial charge in [-0.15, -0.1) is 6.42 Å². The fourth-order valence-electron chi connectivity index (χ4n) is 2.12. The van der Waals surface area contributed by atoms with Crippen LogP contribution < -0.4 is 10.6 Å². The maximum atomic E-state index is 12.7. The van der Waals surface area contributed by atoms with E-state index in [1.807, 2.05) is 12.1 Å². The summed E-state index contributed by atoms with van der Waals surface area (Å²) >= 11 is 16.9. The Morgan fingerprint density at radius 2 is 2.07 bits per heavy atom. The summed E-state index contributed by atoms with van der Waals surface area (Å²) in [6.07, 6.45) is 7.03. The van der Waals surface area contributed by atoms with Crippen LogP contribution in [0, 0.1) is 12.3 Å². The van der Waals surface area contributed by atoms with Crippen LogP contribution in [0.3, 0.4) is 0 Å². The van der Waals surface area contributed by atoms with Gasteiger partial charge in [-0.25, -0.2) is 8.42 Å². The van der Waals surface area contributed by atoms with E-state index in [1.54, 1.807) is 18.0 Å². The first-order valence-electron chi connectivity index (χ1n) is 8.33. The van der Waals surface area contributed by atoms with Gasteiger partial charge in [-0.3, -0.25) is 4.98 Å². The van der Waals surface area contributed by atoms with Crippen molar-refractivity contribution in [2.45, 2.75) is 10.6 Å². The maximum Gasteiger partial charge on any atom is 0.203 e. The lowest BCUT2D eigenvalue weighted by atomic mass is 10.4. The monoisotopic (exact) mass is 533 g/mol. The molecule has 1 aromatic carbocycles. The molecular weight excluding hydrogens is 517 g/mol. The van der Waals surface area contributed by atoms with Crippen LogP contribution in [0.15, 0.2) is 57.1 Å². The number of hydrogen-bond acceptors (Lipinski definition) is 6. The standard InChI is InChI=1S/C19H18BrCl2N3O2S2/c1-2-7-24-19(13-29(26,27)14-5-6-16(21)17(22)11-14)25-9-10-28-12-18-15(20)4-3-8-23-18/h1,3-6,8,11,13,24-25H,7,9-10,12H2. The molecule has 2 rings (SSSR count). The van der Waals surface area contributed by atoms with Crippen LogP contribution in [-0.4, -0.2) is 32.2 Å². The van der Waals surface area contributed by atoms with Crippen molar-refractivity contribution in [3.63, 3.8) is 0 Å². The van der Waals surface area contributed by atoms with Crippen molar-refractivity contribution in [2.24, 2.45) is 0 Å². The highest BCUT2D eigenvalue weighted by Crippen LogP contribution is 2.26. The van der Waals surface area contributed by atoms with Crippen LogP contribution in [0.1, 0.15) is 5.69 Å². The van der Waals surface area contributed by atoms with E-state index in [-0.39, 0.29) is 21.5 Å². The average molecular weight is 535 g/mol. The molecule has 0 aliphatic rings. The molecule has 5 nitrogen and oxygen atoms in total. The SMILES string of the molecule is C#CCNC(=CS(=O)(=O)c1ccc(Cl)c(Cl)c1)NCCSCc1ncccc1Br. The number of halogens is 3. The molecule has 0 radical (unpaired) electrons.